The first kappa shape index (κ1) is 24.0. The molecule has 1 aliphatic rings. The lowest BCUT2D eigenvalue weighted by Crippen LogP contribution is -2.50. The maximum Gasteiger partial charge on any atom is 0.340 e. The summed E-state index contributed by atoms with van der Waals surface area (Å²) in [5.41, 5.74) is 1.82. The average Bonchev–Trinajstić information content (AvgIpc) is 3.11. The molecule has 2 aromatic carbocycles. The number of benzene rings is 2. The molecule has 1 aliphatic heterocycles. The summed E-state index contributed by atoms with van der Waals surface area (Å²) < 4.78 is 33.1. The molecule has 0 atom stereocenters. The molecule has 0 saturated carbocycles. The van der Waals surface area contributed by atoms with E-state index in [0.29, 0.717) is 22.5 Å². The van der Waals surface area contributed by atoms with Crippen LogP contribution in [0.1, 0.15) is 46.0 Å². The van der Waals surface area contributed by atoms with E-state index in [0.717, 1.165) is 10.8 Å². The molecule has 1 fully saturated rings. The number of rotatable bonds is 5. The first-order valence-electron chi connectivity index (χ1n) is 11.3. The molecule has 180 valence electrons. The quantitative estimate of drug-likeness (QED) is 0.560. The van der Waals surface area contributed by atoms with Crippen molar-refractivity contribution in [3.05, 3.63) is 65.0 Å². The number of aryl methyl sites for hydroxylation is 1. The number of fused-ring (bicyclic) bond motifs is 1. The summed E-state index contributed by atoms with van der Waals surface area (Å²) in [4.78, 5) is 30.5. The molecule has 8 nitrogen and oxygen atoms in total. The minimum atomic E-state index is -3.67. The van der Waals surface area contributed by atoms with Gasteiger partial charge in [0.1, 0.15) is 5.69 Å². The van der Waals surface area contributed by atoms with Crippen LogP contribution in [0.2, 0.25) is 0 Å². The summed E-state index contributed by atoms with van der Waals surface area (Å²) >= 11 is 0. The van der Waals surface area contributed by atoms with Crippen molar-refractivity contribution in [2.24, 2.45) is 0 Å². The van der Waals surface area contributed by atoms with Gasteiger partial charge in [0.15, 0.2) is 0 Å². The molecule has 3 aromatic rings. The van der Waals surface area contributed by atoms with Crippen molar-refractivity contribution >= 4 is 32.7 Å². The Kier molecular flexibility index (Phi) is 6.51. The van der Waals surface area contributed by atoms with Gasteiger partial charge >= 0.3 is 5.97 Å². The number of ether oxygens (including phenoxy) is 1. The predicted molar refractivity (Wildman–Crippen MR) is 129 cm³/mol. The van der Waals surface area contributed by atoms with Gasteiger partial charge in [0.2, 0.25) is 10.0 Å². The molecule has 2 heterocycles. The molecule has 0 bridgehead atoms. The number of amides is 1. The fraction of sp³-hybridized carbons (Fsp3) is 0.360. The lowest BCUT2D eigenvalue weighted by molar-refractivity contribution is 0.0376. The van der Waals surface area contributed by atoms with E-state index in [4.69, 9.17) is 4.74 Å². The van der Waals surface area contributed by atoms with Crippen molar-refractivity contribution in [1.82, 2.24) is 14.2 Å². The number of nitrogens with one attached hydrogen (secondary N) is 1. The highest BCUT2D eigenvalue weighted by Gasteiger charge is 2.32. The van der Waals surface area contributed by atoms with Crippen LogP contribution in [-0.2, 0) is 14.8 Å². The zero-order chi connectivity index (χ0) is 24.6. The zero-order valence-corrected chi connectivity index (χ0v) is 20.6. The van der Waals surface area contributed by atoms with E-state index in [-0.39, 0.29) is 43.1 Å². The molecule has 0 aliphatic carbocycles. The van der Waals surface area contributed by atoms with Gasteiger partial charge < -0.3 is 14.6 Å². The average molecular weight is 484 g/mol. The second-order valence-corrected chi connectivity index (χ2v) is 10.7. The summed E-state index contributed by atoms with van der Waals surface area (Å²) in [6, 6.07) is 12.7. The van der Waals surface area contributed by atoms with Gasteiger partial charge in [0.25, 0.3) is 5.91 Å². The lowest BCUT2D eigenvalue weighted by Gasteiger charge is -2.34. The molecular weight excluding hydrogens is 454 g/mol. The summed E-state index contributed by atoms with van der Waals surface area (Å²) in [5, 5.41) is 1.84. The van der Waals surface area contributed by atoms with Gasteiger partial charge in [-0.1, -0.05) is 30.3 Å². The number of hydrogen-bond donors (Lipinski definition) is 1. The minimum Gasteiger partial charge on any atom is -0.459 e. The largest absolute Gasteiger partial charge is 0.459 e. The summed E-state index contributed by atoms with van der Waals surface area (Å²) in [5.74, 6) is -0.724. The molecule has 9 heteroatoms. The molecule has 0 radical (unpaired) electrons. The van der Waals surface area contributed by atoms with Crippen molar-refractivity contribution in [1.29, 1.82) is 0 Å². The molecule has 0 unspecified atom stereocenters. The molecule has 1 N–H and O–H groups in total. The van der Waals surface area contributed by atoms with Crippen molar-refractivity contribution in [2.45, 2.75) is 38.7 Å². The SMILES string of the molecule is Cc1[nH]c(C(=O)N2CCN(S(=O)(=O)c3ccc4ccccc4c3)CC2)c(C)c1C(=O)OC(C)C. The Morgan fingerprint density at radius 2 is 1.62 bits per heavy atom. The first-order valence-corrected chi connectivity index (χ1v) is 12.7. The van der Waals surface area contributed by atoms with Gasteiger partial charge in [-0.15, -0.1) is 0 Å². The van der Waals surface area contributed by atoms with E-state index < -0.39 is 16.0 Å². The third-order valence-corrected chi connectivity index (χ3v) is 7.98. The van der Waals surface area contributed by atoms with Gasteiger partial charge in [-0.2, -0.15) is 4.31 Å². The Labute approximate surface area is 199 Å². The Hall–Kier alpha value is -3.17. The third-order valence-electron chi connectivity index (χ3n) is 6.08. The van der Waals surface area contributed by atoms with Crippen molar-refractivity contribution in [2.75, 3.05) is 26.2 Å². The lowest BCUT2D eigenvalue weighted by atomic mass is 10.1. The van der Waals surface area contributed by atoms with E-state index in [1.807, 2.05) is 24.3 Å². The second kappa shape index (κ2) is 9.23. The van der Waals surface area contributed by atoms with E-state index in [1.165, 1.54) is 4.31 Å². The highest BCUT2D eigenvalue weighted by molar-refractivity contribution is 7.89. The Balaban J connectivity index is 1.48. The molecule has 34 heavy (non-hydrogen) atoms. The molecule has 1 saturated heterocycles. The van der Waals surface area contributed by atoms with Gasteiger partial charge in [-0.05, 0) is 56.2 Å². The highest BCUT2D eigenvalue weighted by atomic mass is 32.2. The molecular formula is C25H29N3O5S. The predicted octanol–water partition coefficient (Wildman–Crippen LogP) is 3.50. The number of aromatic nitrogens is 1. The van der Waals surface area contributed by atoms with E-state index in [1.54, 1.807) is 50.8 Å². The standard InChI is InChI=1S/C25H29N3O5S/c1-16(2)33-25(30)22-17(3)23(26-18(22)4)24(29)27-11-13-28(14-12-27)34(31,32)21-10-9-19-7-5-6-8-20(19)15-21/h5-10,15-16,26H,11-14H2,1-4H3. The Morgan fingerprint density at radius 3 is 2.26 bits per heavy atom. The number of carbonyl (C=O) groups excluding carboxylic acids is 2. The number of carbonyl (C=O) groups is 2. The number of sulfonamides is 1. The maximum atomic E-state index is 13.2. The summed E-state index contributed by atoms with van der Waals surface area (Å²) in [6.45, 7) is 7.90. The molecule has 4 rings (SSSR count). The van der Waals surface area contributed by atoms with Crippen molar-refractivity contribution in [3.63, 3.8) is 0 Å². The van der Waals surface area contributed by atoms with Crippen LogP contribution in [0.3, 0.4) is 0 Å². The zero-order valence-electron chi connectivity index (χ0n) is 19.8. The van der Waals surface area contributed by atoms with Crippen molar-refractivity contribution < 1.29 is 22.7 Å². The number of hydrogen-bond acceptors (Lipinski definition) is 5. The fourth-order valence-electron chi connectivity index (χ4n) is 4.31. The van der Waals surface area contributed by atoms with Crippen LogP contribution >= 0.6 is 0 Å². The van der Waals surface area contributed by atoms with Crippen LogP contribution in [0, 0.1) is 13.8 Å². The van der Waals surface area contributed by atoms with Crippen LogP contribution in [0.15, 0.2) is 47.4 Å². The van der Waals surface area contributed by atoms with E-state index >= 15 is 0 Å². The molecule has 0 spiro atoms. The van der Waals surface area contributed by atoms with Crippen molar-refractivity contribution in [3.8, 4) is 0 Å². The Bertz CT molecular complexity index is 1350. The van der Waals surface area contributed by atoms with Gasteiger partial charge in [-0.3, -0.25) is 4.79 Å². The fourth-order valence-corrected chi connectivity index (χ4v) is 5.77. The molecule has 1 amide bonds. The number of nitrogens with zero attached hydrogens (tertiary/aromatic N) is 2. The minimum absolute atomic E-state index is 0.196. The topological polar surface area (TPSA) is 99.8 Å². The van der Waals surface area contributed by atoms with Gasteiger partial charge in [0.05, 0.1) is 16.6 Å². The van der Waals surface area contributed by atoms with Gasteiger partial charge in [0, 0.05) is 31.9 Å². The van der Waals surface area contributed by atoms with Crippen LogP contribution in [-0.4, -0.2) is 66.8 Å². The van der Waals surface area contributed by atoms with Crippen LogP contribution in [0.25, 0.3) is 10.8 Å². The monoisotopic (exact) mass is 483 g/mol. The summed E-state index contributed by atoms with van der Waals surface area (Å²) in [7, 11) is -3.67. The third kappa shape index (κ3) is 4.45. The molecule has 1 aromatic heterocycles. The normalized spacial score (nSPS) is 15.1. The maximum absolute atomic E-state index is 13.2. The van der Waals surface area contributed by atoms with Crippen LogP contribution < -0.4 is 0 Å². The Morgan fingerprint density at radius 1 is 0.971 bits per heavy atom. The first-order chi connectivity index (χ1) is 16.1. The smallest absolute Gasteiger partial charge is 0.340 e. The number of aromatic amines is 1. The van der Waals surface area contributed by atoms with E-state index in [9.17, 15) is 18.0 Å². The van der Waals surface area contributed by atoms with Crippen LogP contribution in [0.5, 0.6) is 0 Å². The van der Waals surface area contributed by atoms with Gasteiger partial charge in [-0.25, -0.2) is 13.2 Å². The number of piperazine rings is 1. The number of H-pyrrole nitrogens is 1. The van der Waals surface area contributed by atoms with Crippen LogP contribution in [0.4, 0.5) is 0 Å². The highest BCUT2D eigenvalue weighted by Crippen LogP contribution is 2.25. The summed E-state index contributed by atoms with van der Waals surface area (Å²) in [6.07, 6.45) is -0.266. The van der Waals surface area contributed by atoms with E-state index in [2.05, 4.69) is 4.98 Å². The second-order valence-electron chi connectivity index (χ2n) is 8.78. The number of esters is 1.